The largest absolute Gasteiger partial charge is 0.288 e. The number of benzene rings is 2. The minimum Gasteiger partial charge on any atom is -0.288 e. The monoisotopic (exact) mass is 400 g/mol. The van der Waals surface area contributed by atoms with Crippen LogP contribution < -0.4 is 0 Å². The molecule has 1 nitrogen and oxygen atoms in total. The lowest BCUT2D eigenvalue weighted by Crippen LogP contribution is -1.88. The molecular formula is C19H13BrOS2. The van der Waals surface area contributed by atoms with E-state index in [0.29, 0.717) is 0 Å². The summed E-state index contributed by atoms with van der Waals surface area (Å²) in [5, 5.41) is 0. The lowest BCUT2D eigenvalue weighted by atomic mass is 10.2. The fourth-order valence-electron chi connectivity index (χ4n) is 1.97. The van der Waals surface area contributed by atoms with Gasteiger partial charge in [-0.25, -0.2) is 0 Å². The third kappa shape index (κ3) is 4.67. The Morgan fingerprint density at radius 2 is 1.61 bits per heavy atom. The quantitative estimate of drug-likeness (QED) is 0.356. The number of hydrogen-bond donors (Lipinski definition) is 0. The highest BCUT2D eigenvalue weighted by Crippen LogP contribution is 2.27. The smallest absolute Gasteiger partial charge is 0.195 e. The second kappa shape index (κ2) is 7.77. The average Bonchev–Trinajstić information content (AvgIpc) is 3.01. The molecule has 3 aromatic rings. The zero-order chi connectivity index (χ0) is 16.1. The number of rotatable bonds is 5. The van der Waals surface area contributed by atoms with Crippen LogP contribution in [0.15, 0.2) is 86.4 Å². The second-order valence-electron chi connectivity index (χ2n) is 4.79. The highest BCUT2D eigenvalue weighted by molar-refractivity contribution is 9.11. The van der Waals surface area contributed by atoms with Crippen LogP contribution in [-0.2, 0) is 0 Å². The van der Waals surface area contributed by atoms with E-state index in [1.54, 1.807) is 17.8 Å². The first-order valence-electron chi connectivity index (χ1n) is 7.01. The average molecular weight is 401 g/mol. The first-order chi connectivity index (χ1) is 11.2. The van der Waals surface area contributed by atoms with Gasteiger partial charge in [-0.15, -0.1) is 11.3 Å². The Bertz CT molecular complexity index is 820. The number of thiophene rings is 1. The standard InChI is InChI=1S/C19H13BrOS2/c20-19-13-12-18(23-19)17(21)11-8-14-6-9-16(10-7-14)22-15-4-2-1-3-5-15/h1-13H/b11-8+. The van der Waals surface area contributed by atoms with Gasteiger partial charge in [-0.05, 0) is 64.0 Å². The van der Waals surface area contributed by atoms with Crippen molar-refractivity contribution in [1.82, 2.24) is 0 Å². The van der Waals surface area contributed by atoms with Crippen molar-refractivity contribution < 1.29 is 4.79 Å². The third-order valence-electron chi connectivity index (χ3n) is 3.10. The minimum atomic E-state index is 0.0310. The number of carbonyl (C=O) groups excluding carboxylic acids is 1. The lowest BCUT2D eigenvalue weighted by molar-refractivity contribution is 0.105. The summed E-state index contributed by atoms with van der Waals surface area (Å²) in [6.45, 7) is 0. The summed E-state index contributed by atoms with van der Waals surface area (Å²) in [4.78, 5) is 15.2. The van der Waals surface area contributed by atoms with Crippen LogP contribution in [-0.4, -0.2) is 5.78 Å². The number of carbonyl (C=O) groups is 1. The van der Waals surface area contributed by atoms with Crippen molar-refractivity contribution in [3.05, 3.63) is 87.0 Å². The molecule has 0 fully saturated rings. The molecule has 0 aliphatic carbocycles. The number of ketones is 1. The van der Waals surface area contributed by atoms with Gasteiger partial charge in [-0.3, -0.25) is 4.79 Å². The van der Waals surface area contributed by atoms with Gasteiger partial charge < -0.3 is 0 Å². The van der Waals surface area contributed by atoms with E-state index in [1.165, 1.54) is 21.1 Å². The molecule has 0 saturated heterocycles. The van der Waals surface area contributed by atoms with Gasteiger partial charge in [0.15, 0.2) is 5.78 Å². The molecule has 1 aromatic heterocycles. The van der Waals surface area contributed by atoms with Crippen LogP contribution in [0, 0.1) is 0 Å². The summed E-state index contributed by atoms with van der Waals surface area (Å²) in [5.41, 5.74) is 1.02. The fraction of sp³-hybridized carbons (Fsp3) is 0. The van der Waals surface area contributed by atoms with E-state index >= 15 is 0 Å². The molecule has 0 aliphatic heterocycles. The van der Waals surface area contributed by atoms with Gasteiger partial charge in [0, 0.05) is 9.79 Å². The van der Waals surface area contributed by atoms with Crippen LogP contribution in [0.25, 0.3) is 6.08 Å². The molecule has 23 heavy (non-hydrogen) atoms. The Hall–Kier alpha value is -1.62. The van der Waals surface area contributed by atoms with Crippen LogP contribution in [0.4, 0.5) is 0 Å². The summed E-state index contributed by atoms with van der Waals surface area (Å²) < 4.78 is 0.969. The van der Waals surface area contributed by atoms with Gasteiger partial charge in [0.05, 0.1) is 8.66 Å². The molecule has 0 bridgehead atoms. The van der Waals surface area contributed by atoms with E-state index in [-0.39, 0.29) is 5.78 Å². The SMILES string of the molecule is O=C(/C=C/c1ccc(Sc2ccccc2)cc1)c1ccc(Br)s1. The molecule has 0 amide bonds. The molecular weight excluding hydrogens is 388 g/mol. The fourth-order valence-corrected chi connectivity index (χ4v) is 4.12. The predicted octanol–water partition coefficient (Wildman–Crippen LogP) is 6.56. The van der Waals surface area contributed by atoms with E-state index in [1.807, 2.05) is 48.5 Å². The van der Waals surface area contributed by atoms with Crippen molar-refractivity contribution in [2.45, 2.75) is 9.79 Å². The predicted molar refractivity (Wildman–Crippen MR) is 102 cm³/mol. The Balaban J connectivity index is 1.65. The summed E-state index contributed by atoms with van der Waals surface area (Å²) in [7, 11) is 0. The van der Waals surface area contributed by atoms with Crippen LogP contribution in [0.5, 0.6) is 0 Å². The van der Waals surface area contributed by atoms with Crippen LogP contribution in [0.1, 0.15) is 15.2 Å². The maximum Gasteiger partial charge on any atom is 0.195 e. The van der Waals surface area contributed by atoms with Gasteiger partial charge in [0.1, 0.15) is 0 Å². The van der Waals surface area contributed by atoms with Gasteiger partial charge in [-0.2, -0.15) is 0 Å². The molecule has 0 spiro atoms. The summed E-state index contributed by atoms with van der Waals surface area (Å²) in [6.07, 6.45) is 3.48. The molecule has 0 N–H and O–H groups in total. The zero-order valence-corrected chi connectivity index (χ0v) is 15.3. The van der Waals surface area contributed by atoms with E-state index < -0.39 is 0 Å². The molecule has 0 atom stereocenters. The molecule has 0 aliphatic rings. The molecule has 1 heterocycles. The first kappa shape index (κ1) is 16.2. The molecule has 4 heteroatoms. The highest BCUT2D eigenvalue weighted by atomic mass is 79.9. The summed E-state index contributed by atoms with van der Waals surface area (Å²) in [6, 6.07) is 22.2. The van der Waals surface area contributed by atoms with E-state index in [0.717, 1.165) is 14.2 Å². The van der Waals surface area contributed by atoms with Gasteiger partial charge in [-0.1, -0.05) is 48.2 Å². The summed E-state index contributed by atoms with van der Waals surface area (Å²) in [5.74, 6) is 0.0310. The third-order valence-corrected chi connectivity index (χ3v) is 5.76. The van der Waals surface area contributed by atoms with Crippen LogP contribution in [0.3, 0.4) is 0 Å². The molecule has 3 rings (SSSR count). The Kier molecular flexibility index (Phi) is 5.49. The number of halogens is 1. The Morgan fingerprint density at radius 1 is 0.913 bits per heavy atom. The maximum absolute atomic E-state index is 12.0. The molecule has 2 aromatic carbocycles. The van der Waals surface area contributed by atoms with Crippen molar-refractivity contribution in [3.8, 4) is 0 Å². The van der Waals surface area contributed by atoms with E-state index in [4.69, 9.17) is 0 Å². The minimum absolute atomic E-state index is 0.0310. The van der Waals surface area contributed by atoms with Gasteiger partial charge in [0.25, 0.3) is 0 Å². The first-order valence-corrected chi connectivity index (χ1v) is 9.44. The van der Waals surface area contributed by atoms with Crippen LogP contribution >= 0.6 is 39.0 Å². The second-order valence-corrected chi connectivity index (χ2v) is 8.40. The van der Waals surface area contributed by atoms with Crippen molar-refractivity contribution in [3.63, 3.8) is 0 Å². The van der Waals surface area contributed by atoms with Gasteiger partial charge >= 0.3 is 0 Å². The maximum atomic E-state index is 12.0. The summed E-state index contributed by atoms with van der Waals surface area (Å²) >= 11 is 6.54. The molecule has 114 valence electrons. The Labute approximate surface area is 152 Å². The number of hydrogen-bond acceptors (Lipinski definition) is 3. The van der Waals surface area contributed by atoms with E-state index in [2.05, 4.69) is 40.2 Å². The highest BCUT2D eigenvalue weighted by Gasteiger charge is 2.04. The Morgan fingerprint density at radius 3 is 2.26 bits per heavy atom. The van der Waals surface area contributed by atoms with E-state index in [9.17, 15) is 4.79 Å². The van der Waals surface area contributed by atoms with Crippen molar-refractivity contribution in [2.75, 3.05) is 0 Å². The molecule has 0 unspecified atom stereocenters. The van der Waals surface area contributed by atoms with Crippen molar-refractivity contribution in [2.24, 2.45) is 0 Å². The van der Waals surface area contributed by atoms with Crippen molar-refractivity contribution >= 4 is 50.9 Å². The van der Waals surface area contributed by atoms with Crippen molar-refractivity contribution in [1.29, 1.82) is 0 Å². The molecule has 0 saturated carbocycles. The van der Waals surface area contributed by atoms with Crippen LogP contribution in [0.2, 0.25) is 0 Å². The normalized spacial score (nSPS) is 11.0. The zero-order valence-electron chi connectivity index (χ0n) is 12.1. The topological polar surface area (TPSA) is 17.1 Å². The van der Waals surface area contributed by atoms with Gasteiger partial charge in [0.2, 0.25) is 0 Å². The lowest BCUT2D eigenvalue weighted by Gasteiger charge is -2.01. The molecule has 0 radical (unpaired) electrons. The number of allylic oxidation sites excluding steroid dienone is 1.